The van der Waals surface area contributed by atoms with Crippen molar-refractivity contribution in [1.82, 2.24) is 10.2 Å². The van der Waals surface area contributed by atoms with Crippen LogP contribution >= 0.6 is 0 Å². The molecule has 0 saturated carbocycles. The molecule has 1 N–H and O–H groups in total. The van der Waals surface area contributed by atoms with Gasteiger partial charge in [0.15, 0.2) is 11.5 Å². The van der Waals surface area contributed by atoms with Crippen LogP contribution in [0, 0.1) is 5.92 Å². The molecule has 24 heavy (non-hydrogen) atoms. The highest BCUT2D eigenvalue weighted by Gasteiger charge is 2.22. The van der Waals surface area contributed by atoms with Gasteiger partial charge in [0, 0.05) is 18.2 Å². The predicted molar refractivity (Wildman–Crippen MR) is 96.4 cm³/mol. The van der Waals surface area contributed by atoms with E-state index in [1.165, 1.54) is 0 Å². The van der Waals surface area contributed by atoms with Gasteiger partial charge in [0.25, 0.3) is 5.91 Å². The van der Waals surface area contributed by atoms with Crippen molar-refractivity contribution in [1.29, 1.82) is 0 Å². The molecule has 1 aromatic carbocycles. The molecule has 0 radical (unpaired) electrons. The molecule has 2 rings (SSSR count). The predicted octanol–water partition coefficient (Wildman–Crippen LogP) is 2.56. The molecular weight excluding hydrogens is 304 g/mol. The molecule has 1 unspecified atom stereocenters. The quantitative estimate of drug-likeness (QED) is 0.834. The molecule has 1 heterocycles. The van der Waals surface area contributed by atoms with Crippen LogP contribution in [0.2, 0.25) is 0 Å². The van der Waals surface area contributed by atoms with E-state index in [2.05, 4.69) is 24.1 Å². The number of benzene rings is 1. The van der Waals surface area contributed by atoms with Crippen molar-refractivity contribution in [2.75, 3.05) is 34.4 Å². The van der Waals surface area contributed by atoms with Crippen LogP contribution in [-0.4, -0.2) is 51.2 Å². The summed E-state index contributed by atoms with van der Waals surface area (Å²) in [7, 11) is 5.65. The number of methoxy groups -OCH3 is 1. The number of para-hydroxylation sites is 1. The molecule has 1 aliphatic heterocycles. The van der Waals surface area contributed by atoms with E-state index in [-0.39, 0.29) is 18.6 Å². The lowest BCUT2D eigenvalue weighted by molar-refractivity contribution is -0.118. The molecule has 1 atom stereocenters. The molecule has 0 aromatic heterocycles. The van der Waals surface area contributed by atoms with Crippen LogP contribution in [0.25, 0.3) is 6.08 Å². The zero-order valence-corrected chi connectivity index (χ0v) is 15.3. The Labute approximate surface area is 144 Å². The first-order valence-corrected chi connectivity index (χ1v) is 8.36. The molecule has 0 bridgehead atoms. The molecule has 1 amide bonds. The van der Waals surface area contributed by atoms with Gasteiger partial charge in [0.1, 0.15) is 6.61 Å². The first kappa shape index (κ1) is 18.3. The third-order valence-electron chi connectivity index (χ3n) is 3.90. The van der Waals surface area contributed by atoms with Crippen molar-refractivity contribution in [2.45, 2.75) is 26.3 Å². The highest BCUT2D eigenvalue weighted by atomic mass is 16.5. The van der Waals surface area contributed by atoms with E-state index in [0.29, 0.717) is 23.0 Å². The maximum atomic E-state index is 12.6. The third-order valence-corrected chi connectivity index (χ3v) is 3.90. The largest absolute Gasteiger partial charge is 0.493 e. The van der Waals surface area contributed by atoms with Crippen LogP contribution in [0.5, 0.6) is 11.5 Å². The summed E-state index contributed by atoms with van der Waals surface area (Å²) in [5.74, 6) is 1.85. The van der Waals surface area contributed by atoms with E-state index in [1.54, 1.807) is 7.11 Å². The van der Waals surface area contributed by atoms with Crippen molar-refractivity contribution in [3.05, 3.63) is 29.3 Å². The molecule has 0 spiro atoms. The summed E-state index contributed by atoms with van der Waals surface area (Å²) in [5.41, 5.74) is 1.52. The molecule has 5 nitrogen and oxygen atoms in total. The van der Waals surface area contributed by atoms with E-state index in [0.717, 1.165) is 18.5 Å². The minimum absolute atomic E-state index is 0.0593. The minimum Gasteiger partial charge on any atom is -0.493 e. The first-order valence-electron chi connectivity index (χ1n) is 8.36. The number of nitrogens with zero attached hydrogens (tertiary/aromatic N) is 1. The van der Waals surface area contributed by atoms with E-state index in [1.807, 2.05) is 38.4 Å². The van der Waals surface area contributed by atoms with Gasteiger partial charge in [-0.05, 0) is 38.6 Å². The smallest absolute Gasteiger partial charge is 0.250 e. The van der Waals surface area contributed by atoms with E-state index < -0.39 is 0 Å². The van der Waals surface area contributed by atoms with E-state index in [4.69, 9.17) is 9.47 Å². The molecule has 0 saturated heterocycles. The van der Waals surface area contributed by atoms with Crippen LogP contribution < -0.4 is 14.8 Å². The van der Waals surface area contributed by atoms with Gasteiger partial charge in [-0.25, -0.2) is 0 Å². The van der Waals surface area contributed by atoms with Gasteiger partial charge < -0.3 is 19.7 Å². The van der Waals surface area contributed by atoms with Crippen molar-refractivity contribution >= 4 is 12.0 Å². The topological polar surface area (TPSA) is 50.8 Å². The second-order valence-electron chi connectivity index (χ2n) is 6.90. The second-order valence-corrected chi connectivity index (χ2v) is 6.90. The SMILES string of the molecule is COc1cccc2c1OCC(C(=O)NC(CC(C)C)CN(C)C)=C2. The number of carbonyl (C=O) groups excluding carboxylic acids is 1. The summed E-state index contributed by atoms with van der Waals surface area (Å²) in [6.07, 6.45) is 2.83. The number of hydrogen-bond acceptors (Lipinski definition) is 4. The summed E-state index contributed by atoms with van der Waals surface area (Å²) >= 11 is 0. The number of carbonyl (C=O) groups is 1. The number of ether oxygens (including phenoxy) is 2. The Hall–Kier alpha value is -2.01. The lowest BCUT2D eigenvalue weighted by Crippen LogP contribution is -2.43. The van der Waals surface area contributed by atoms with Gasteiger partial charge in [-0.15, -0.1) is 0 Å². The van der Waals surface area contributed by atoms with Gasteiger partial charge in [-0.2, -0.15) is 0 Å². The van der Waals surface area contributed by atoms with Crippen LogP contribution in [0.15, 0.2) is 23.8 Å². The number of likely N-dealkylation sites (N-methyl/N-ethyl adjacent to an activating group) is 1. The maximum absolute atomic E-state index is 12.6. The Morgan fingerprint density at radius 2 is 2.12 bits per heavy atom. The molecule has 1 aromatic rings. The van der Waals surface area contributed by atoms with Gasteiger partial charge in [-0.1, -0.05) is 26.0 Å². The molecule has 132 valence electrons. The van der Waals surface area contributed by atoms with Crippen molar-refractivity contribution in [3.8, 4) is 11.5 Å². The third kappa shape index (κ3) is 4.74. The molecule has 0 aliphatic carbocycles. The Morgan fingerprint density at radius 1 is 1.38 bits per heavy atom. The fourth-order valence-electron chi connectivity index (χ4n) is 2.94. The van der Waals surface area contributed by atoms with Crippen molar-refractivity contribution in [3.63, 3.8) is 0 Å². The average molecular weight is 332 g/mol. The van der Waals surface area contributed by atoms with Crippen LogP contribution in [0.4, 0.5) is 0 Å². The van der Waals surface area contributed by atoms with Crippen LogP contribution in [0.3, 0.4) is 0 Å². The van der Waals surface area contributed by atoms with Gasteiger partial charge in [-0.3, -0.25) is 4.79 Å². The Kier molecular flexibility index (Phi) is 6.26. The fraction of sp³-hybridized carbons (Fsp3) is 0.526. The molecule has 1 aliphatic rings. The Morgan fingerprint density at radius 3 is 2.75 bits per heavy atom. The number of amides is 1. The normalized spacial score (nSPS) is 14.7. The zero-order chi connectivity index (χ0) is 17.7. The number of fused-ring (bicyclic) bond motifs is 1. The van der Waals surface area contributed by atoms with Crippen LogP contribution in [-0.2, 0) is 4.79 Å². The summed E-state index contributed by atoms with van der Waals surface area (Å²) < 4.78 is 11.1. The van der Waals surface area contributed by atoms with Crippen molar-refractivity contribution < 1.29 is 14.3 Å². The number of hydrogen-bond donors (Lipinski definition) is 1. The monoisotopic (exact) mass is 332 g/mol. The Balaban J connectivity index is 2.12. The second kappa shape index (κ2) is 8.20. The van der Waals surface area contributed by atoms with Gasteiger partial charge >= 0.3 is 0 Å². The summed E-state index contributed by atoms with van der Waals surface area (Å²) in [4.78, 5) is 14.7. The summed E-state index contributed by atoms with van der Waals surface area (Å²) in [6.45, 7) is 5.42. The maximum Gasteiger partial charge on any atom is 0.250 e. The zero-order valence-electron chi connectivity index (χ0n) is 15.3. The molecule has 0 fully saturated rings. The standard InChI is InChI=1S/C19H28N2O3/c1-13(2)9-16(11-21(3)4)20-19(22)15-10-14-7-6-8-17(23-5)18(14)24-12-15/h6-8,10,13,16H,9,11-12H2,1-5H3,(H,20,22). The fourth-order valence-corrected chi connectivity index (χ4v) is 2.94. The first-order chi connectivity index (χ1) is 11.4. The summed E-state index contributed by atoms with van der Waals surface area (Å²) in [5, 5.41) is 3.15. The minimum atomic E-state index is -0.0593. The van der Waals surface area contributed by atoms with E-state index >= 15 is 0 Å². The average Bonchev–Trinajstić information content (AvgIpc) is 2.52. The number of nitrogens with one attached hydrogen (secondary N) is 1. The molecule has 5 heteroatoms. The highest BCUT2D eigenvalue weighted by molar-refractivity contribution is 5.99. The van der Waals surface area contributed by atoms with Crippen LogP contribution in [0.1, 0.15) is 25.8 Å². The molecular formula is C19H28N2O3. The van der Waals surface area contributed by atoms with Gasteiger partial charge in [0.05, 0.1) is 12.7 Å². The lowest BCUT2D eigenvalue weighted by atomic mass is 10.0. The van der Waals surface area contributed by atoms with Crippen molar-refractivity contribution in [2.24, 2.45) is 5.92 Å². The summed E-state index contributed by atoms with van der Waals surface area (Å²) in [6, 6.07) is 5.80. The van der Waals surface area contributed by atoms with Gasteiger partial charge in [0.2, 0.25) is 0 Å². The van der Waals surface area contributed by atoms with E-state index in [9.17, 15) is 4.79 Å². The number of rotatable bonds is 7. The lowest BCUT2D eigenvalue weighted by Gasteiger charge is -2.25. The Bertz CT molecular complexity index is 599. The highest BCUT2D eigenvalue weighted by Crippen LogP contribution is 2.35.